The zero-order chi connectivity index (χ0) is 15.6. The Morgan fingerprint density at radius 3 is 2.76 bits per heavy atom. The van der Waals surface area contributed by atoms with Crippen molar-refractivity contribution in [3.05, 3.63) is 51.1 Å². The lowest BCUT2D eigenvalue weighted by Crippen LogP contribution is -2.16. The maximum atomic E-state index is 12.5. The summed E-state index contributed by atoms with van der Waals surface area (Å²) in [6, 6.07) is 6.53. The first-order chi connectivity index (χ1) is 9.85. The van der Waals surface area contributed by atoms with Crippen LogP contribution in [0.3, 0.4) is 0 Å². The molecule has 2 rings (SSSR count). The molecule has 1 aromatic carbocycles. The van der Waals surface area contributed by atoms with E-state index in [4.69, 9.17) is 17.3 Å². The molecule has 0 amide bonds. The highest BCUT2D eigenvalue weighted by Gasteiger charge is 2.21. The van der Waals surface area contributed by atoms with E-state index in [-0.39, 0.29) is 22.3 Å². The van der Waals surface area contributed by atoms with Crippen LogP contribution in [0.2, 0.25) is 5.02 Å². The summed E-state index contributed by atoms with van der Waals surface area (Å²) in [5, 5.41) is 0.226. The fraction of sp³-hybridized carbons (Fsp3) is 0.154. The highest BCUT2D eigenvalue weighted by Crippen LogP contribution is 2.29. The van der Waals surface area contributed by atoms with E-state index in [0.29, 0.717) is 4.47 Å². The molecule has 0 saturated carbocycles. The fourth-order valence-corrected chi connectivity index (χ4v) is 4.09. The van der Waals surface area contributed by atoms with Gasteiger partial charge in [-0.05, 0) is 52.2 Å². The molecule has 0 aliphatic carbocycles. The van der Waals surface area contributed by atoms with Gasteiger partial charge in [-0.15, -0.1) is 0 Å². The number of rotatable bonds is 4. The Balaban J connectivity index is 2.50. The van der Waals surface area contributed by atoms with Crippen molar-refractivity contribution in [3.63, 3.8) is 0 Å². The van der Waals surface area contributed by atoms with E-state index in [1.807, 2.05) is 6.07 Å². The molecule has 21 heavy (non-hydrogen) atoms. The minimum absolute atomic E-state index is 0.0851. The zero-order valence-electron chi connectivity index (χ0n) is 11.1. The van der Waals surface area contributed by atoms with Crippen molar-refractivity contribution in [2.75, 3.05) is 4.72 Å². The van der Waals surface area contributed by atoms with Crippen LogP contribution < -0.4 is 10.5 Å². The first kappa shape index (κ1) is 16.2. The van der Waals surface area contributed by atoms with Crippen LogP contribution in [0.4, 0.5) is 5.82 Å². The van der Waals surface area contributed by atoms with Gasteiger partial charge in [0.2, 0.25) is 0 Å². The van der Waals surface area contributed by atoms with Gasteiger partial charge in [-0.1, -0.05) is 17.7 Å². The maximum absolute atomic E-state index is 12.5. The number of nitrogens with one attached hydrogen (secondary N) is 1. The van der Waals surface area contributed by atoms with Crippen LogP contribution >= 0.6 is 27.5 Å². The van der Waals surface area contributed by atoms with Gasteiger partial charge >= 0.3 is 0 Å². The van der Waals surface area contributed by atoms with Crippen molar-refractivity contribution in [2.45, 2.75) is 18.4 Å². The number of halogens is 2. The molecule has 0 aliphatic heterocycles. The number of nitrogens with two attached hydrogens (primary N) is 1. The Labute approximate surface area is 136 Å². The number of sulfonamides is 1. The third-order valence-corrected chi connectivity index (χ3v) is 5.78. The summed E-state index contributed by atoms with van der Waals surface area (Å²) in [5.41, 5.74) is 7.10. The Kier molecular flexibility index (Phi) is 4.88. The molecule has 0 atom stereocenters. The predicted molar refractivity (Wildman–Crippen MR) is 86.8 cm³/mol. The number of hydrogen-bond acceptors (Lipinski definition) is 4. The van der Waals surface area contributed by atoms with E-state index < -0.39 is 10.0 Å². The van der Waals surface area contributed by atoms with Crippen LogP contribution in [-0.2, 0) is 16.6 Å². The molecule has 0 saturated heterocycles. The van der Waals surface area contributed by atoms with Crippen LogP contribution in [0.25, 0.3) is 0 Å². The highest BCUT2D eigenvalue weighted by molar-refractivity contribution is 9.10. The minimum atomic E-state index is -3.82. The average Bonchev–Trinajstić information content (AvgIpc) is 2.43. The molecule has 2 aromatic rings. The number of nitrogens with zero attached hydrogens (tertiary/aromatic N) is 1. The van der Waals surface area contributed by atoms with E-state index in [1.54, 1.807) is 19.1 Å². The van der Waals surface area contributed by atoms with Gasteiger partial charge in [0.05, 0.1) is 5.02 Å². The van der Waals surface area contributed by atoms with Crippen LogP contribution in [0.5, 0.6) is 0 Å². The monoisotopic (exact) mass is 389 g/mol. The topological polar surface area (TPSA) is 85.1 Å². The normalized spacial score (nSPS) is 11.4. The molecule has 0 radical (unpaired) electrons. The molecule has 3 N–H and O–H groups in total. The molecule has 0 aliphatic rings. The zero-order valence-corrected chi connectivity index (χ0v) is 14.3. The van der Waals surface area contributed by atoms with Gasteiger partial charge in [-0.2, -0.15) is 0 Å². The van der Waals surface area contributed by atoms with Gasteiger partial charge in [0, 0.05) is 17.2 Å². The minimum Gasteiger partial charge on any atom is -0.326 e. The first-order valence-corrected chi connectivity index (χ1v) is 8.63. The van der Waals surface area contributed by atoms with Gasteiger partial charge < -0.3 is 5.73 Å². The average molecular weight is 391 g/mol. The molecule has 5 nitrogen and oxygen atoms in total. The van der Waals surface area contributed by atoms with Crippen LogP contribution in [0.1, 0.15) is 11.1 Å². The van der Waals surface area contributed by atoms with Gasteiger partial charge in [-0.25, -0.2) is 13.4 Å². The van der Waals surface area contributed by atoms with Crippen LogP contribution in [0.15, 0.2) is 39.8 Å². The molecule has 0 fully saturated rings. The van der Waals surface area contributed by atoms with Crippen molar-refractivity contribution in [1.82, 2.24) is 4.98 Å². The molecule has 1 heterocycles. The molecule has 0 spiro atoms. The number of hydrogen-bond donors (Lipinski definition) is 2. The molecule has 8 heteroatoms. The fourth-order valence-electron chi connectivity index (χ4n) is 1.77. The van der Waals surface area contributed by atoms with E-state index >= 15 is 0 Å². The maximum Gasteiger partial charge on any atom is 0.264 e. The quantitative estimate of drug-likeness (QED) is 0.840. The third kappa shape index (κ3) is 3.55. The smallest absolute Gasteiger partial charge is 0.264 e. The Bertz CT molecular complexity index is 781. The van der Waals surface area contributed by atoms with Crippen molar-refractivity contribution in [3.8, 4) is 0 Å². The molecule has 0 bridgehead atoms. The summed E-state index contributed by atoms with van der Waals surface area (Å²) in [4.78, 5) is 4.02. The second kappa shape index (κ2) is 6.31. The number of aromatic nitrogens is 1. The molecule has 0 unspecified atom stereocenters. The van der Waals surface area contributed by atoms with E-state index in [0.717, 1.165) is 11.1 Å². The number of benzene rings is 1. The second-order valence-corrected chi connectivity index (χ2v) is 7.22. The lowest BCUT2D eigenvalue weighted by Gasteiger charge is -2.13. The Hall–Kier alpha value is -1.15. The van der Waals surface area contributed by atoms with Gasteiger partial charge in [0.1, 0.15) is 4.90 Å². The summed E-state index contributed by atoms with van der Waals surface area (Å²) < 4.78 is 27.9. The molecular weight excluding hydrogens is 378 g/mol. The third-order valence-electron chi connectivity index (χ3n) is 2.80. The van der Waals surface area contributed by atoms with Crippen LogP contribution in [-0.4, -0.2) is 13.4 Å². The Morgan fingerprint density at radius 1 is 1.43 bits per heavy atom. The molecular formula is C13H13BrClN3O2S. The standard InChI is InChI=1S/C13H13BrClN3O2S/c1-8-5-9(7-16)6-11(12(8)14)21(19,20)18-13-10(15)3-2-4-17-13/h2-6H,7,16H2,1H3,(H,17,18). The summed E-state index contributed by atoms with van der Waals surface area (Å²) in [6.07, 6.45) is 1.46. The van der Waals surface area contributed by atoms with Gasteiger partial charge in [-0.3, -0.25) is 4.72 Å². The molecule has 1 aromatic heterocycles. The van der Waals surface area contributed by atoms with E-state index in [1.165, 1.54) is 12.3 Å². The summed E-state index contributed by atoms with van der Waals surface area (Å²) in [5.74, 6) is 0.0851. The summed E-state index contributed by atoms with van der Waals surface area (Å²) in [6.45, 7) is 2.05. The van der Waals surface area contributed by atoms with Crippen molar-refractivity contribution in [2.24, 2.45) is 5.73 Å². The number of anilines is 1. The van der Waals surface area contributed by atoms with Crippen molar-refractivity contribution >= 4 is 43.4 Å². The van der Waals surface area contributed by atoms with E-state index in [2.05, 4.69) is 25.6 Å². The summed E-state index contributed by atoms with van der Waals surface area (Å²) >= 11 is 9.22. The number of pyridine rings is 1. The van der Waals surface area contributed by atoms with Gasteiger partial charge in [0.25, 0.3) is 10.0 Å². The predicted octanol–water partition coefficient (Wildman–Crippen LogP) is 3.07. The highest BCUT2D eigenvalue weighted by atomic mass is 79.9. The van der Waals surface area contributed by atoms with Crippen LogP contribution in [0, 0.1) is 6.92 Å². The SMILES string of the molecule is Cc1cc(CN)cc(S(=O)(=O)Nc2ncccc2Cl)c1Br. The first-order valence-electron chi connectivity index (χ1n) is 5.97. The Morgan fingerprint density at radius 2 is 2.14 bits per heavy atom. The lowest BCUT2D eigenvalue weighted by molar-refractivity contribution is 0.600. The largest absolute Gasteiger partial charge is 0.326 e. The second-order valence-electron chi connectivity index (χ2n) is 4.37. The van der Waals surface area contributed by atoms with Gasteiger partial charge in [0.15, 0.2) is 5.82 Å². The summed E-state index contributed by atoms with van der Waals surface area (Å²) in [7, 11) is -3.82. The number of aryl methyl sites for hydroxylation is 1. The van der Waals surface area contributed by atoms with E-state index in [9.17, 15) is 8.42 Å². The van der Waals surface area contributed by atoms with Crippen molar-refractivity contribution in [1.29, 1.82) is 0 Å². The van der Waals surface area contributed by atoms with Crippen molar-refractivity contribution < 1.29 is 8.42 Å². The molecule has 112 valence electrons. The lowest BCUT2D eigenvalue weighted by atomic mass is 10.1.